The molecule has 5 nitrogen and oxygen atoms in total. The fraction of sp³-hybridized carbons (Fsp3) is 0.500. The summed E-state index contributed by atoms with van der Waals surface area (Å²) in [5.41, 5.74) is 3.83. The second-order valence-electron chi connectivity index (χ2n) is 7.90. The lowest BCUT2D eigenvalue weighted by molar-refractivity contribution is 0.184. The Bertz CT molecular complexity index is 759. The molecule has 0 spiro atoms. The van der Waals surface area contributed by atoms with Gasteiger partial charge in [0.15, 0.2) is 5.96 Å². The number of pyridine rings is 1. The van der Waals surface area contributed by atoms with Crippen LogP contribution in [-0.4, -0.2) is 42.5 Å². The van der Waals surface area contributed by atoms with Gasteiger partial charge in [-0.2, -0.15) is 0 Å². The molecular formula is C24H36IN5. The van der Waals surface area contributed by atoms with Crippen molar-refractivity contribution in [1.82, 2.24) is 20.5 Å². The van der Waals surface area contributed by atoms with Crippen LogP contribution in [0, 0.1) is 0 Å². The molecule has 3 rings (SSSR count). The molecule has 2 aromatic rings. The van der Waals surface area contributed by atoms with Crippen molar-refractivity contribution in [3.63, 3.8) is 0 Å². The topological polar surface area (TPSA) is 52.6 Å². The lowest BCUT2D eigenvalue weighted by Gasteiger charge is -2.31. The summed E-state index contributed by atoms with van der Waals surface area (Å²) >= 11 is 0. The number of halogens is 1. The van der Waals surface area contributed by atoms with E-state index in [1.54, 1.807) is 0 Å². The van der Waals surface area contributed by atoms with Crippen molar-refractivity contribution in [1.29, 1.82) is 0 Å². The molecule has 164 valence electrons. The highest BCUT2D eigenvalue weighted by Crippen LogP contribution is 2.23. The van der Waals surface area contributed by atoms with Crippen LogP contribution in [0.15, 0.2) is 53.7 Å². The summed E-state index contributed by atoms with van der Waals surface area (Å²) in [7, 11) is 4.09. The number of benzene rings is 1. The van der Waals surface area contributed by atoms with Crippen molar-refractivity contribution < 1.29 is 0 Å². The lowest BCUT2D eigenvalue weighted by atomic mass is 9.94. The van der Waals surface area contributed by atoms with Gasteiger partial charge in [0.2, 0.25) is 0 Å². The molecule has 1 aliphatic rings. The van der Waals surface area contributed by atoms with Gasteiger partial charge in [-0.3, -0.25) is 14.9 Å². The molecule has 1 heterocycles. The molecule has 6 heteroatoms. The third kappa shape index (κ3) is 7.87. The molecule has 0 bridgehead atoms. The molecule has 30 heavy (non-hydrogen) atoms. The monoisotopic (exact) mass is 521 g/mol. The van der Waals surface area contributed by atoms with E-state index in [0.717, 1.165) is 43.8 Å². The lowest BCUT2D eigenvalue weighted by Crippen LogP contribution is -2.38. The Hall–Kier alpha value is -1.67. The highest BCUT2D eigenvalue weighted by molar-refractivity contribution is 14.0. The fourth-order valence-corrected chi connectivity index (χ4v) is 4.06. The molecule has 1 saturated carbocycles. The van der Waals surface area contributed by atoms with Gasteiger partial charge in [0.25, 0.3) is 0 Å². The van der Waals surface area contributed by atoms with E-state index < -0.39 is 0 Å². The first kappa shape index (κ1) is 24.6. The number of aliphatic imine (C=N–C) groups is 1. The van der Waals surface area contributed by atoms with Gasteiger partial charge < -0.3 is 10.6 Å². The highest BCUT2D eigenvalue weighted by Gasteiger charge is 2.18. The average molecular weight is 521 g/mol. The van der Waals surface area contributed by atoms with Gasteiger partial charge in [0, 0.05) is 51.0 Å². The van der Waals surface area contributed by atoms with Crippen molar-refractivity contribution >= 4 is 29.9 Å². The maximum atomic E-state index is 4.37. The van der Waals surface area contributed by atoms with Crippen LogP contribution in [0.5, 0.6) is 0 Å². The number of hydrogen-bond donors (Lipinski definition) is 2. The summed E-state index contributed by atoms with van der Waals surface area (Å²) in [6.45, 7) is 2.59. The Morgan fingerprint density at radius 2 is 1.77 bits per heavy atom. The van der Waals surface area contributed by atoms with Crippen LogP contribution in [0.25, 0.3) is 0 Å². The van der Waals surface area contributed by atoms with E-state index >= 15 is 0 Å². The zero-order chi connectivity index (χ0) is 20.3. The van der Waals surface area contributed by atoms with Crippen LogP contribution in [0.1, 0.15) is 48.9 Å². The Morgan fingerprint density at radius 3 is 2.47 bits per heavy atom. The van der Waals surface area contributed by atoms with Crippen molar-refractivity contribution in [2.24, 2.45) is 4.99 Å². The number of aromatic nitrogens is 1. The molecule has 0 atom stereocenters. The van der Waals surface area contributed by atoms with E-state index in [4.69, 9.17) is 0 Å². The van der Waals surface area contributed by atoms with Gasteiger partial charge in [0.05, 0.1) is 0 Å². The van der Waals surface area contributed by atoms with Crippen LogP contribution in [0.3, 0.4) is 0 Å². The third-order valence-corrected chi connectivity index (χ3v) is 5.81. The average Bonchev–Trinajstić information content (AvgIpc) is 2.78. The van der Waals surface area contributed by atoms with Gasteiger partial charge in [-0.05, 0) is 43.1 Å². The molecule has 1 fully saturated rings. The van der Waals surface area contributed by atoms with Gasteiger partial charge in [0.1, 0.15) is 0 Å². The number of hydrogen-bond acceptors (Lipinski definition) is 3. The van der Waals surface area contributed by atoms with Crippen LogP contribution < -0.4 is 10.6 Å². The summed E-state index contributed by atoms with van der Waals surface area (Å²) in [5.74, 6) is 0.830. The minimum absolute atomic E-state index is 0. The van der Waals surface area contributed by atoms with E-state index in [0.29, 0.717) is 0 Å². The smallest absolute Gasteiger partial charge is 0.191 e. The van der Waals surface area contributed by atoms with Crippen molar-refractivity contribution in [2.45, 2.75) is 57.7 Å². The van der Waals surface area contributed by atoms with Crippen LogP contribution >= 0.6 is 24.0 Å². The molecule has 0 radical (unpaired) electrons. The van der Waals surface area contributed by atoms with Gasteiger partial charge >= 0.3 is 0 Å². The number of rotatable bonds is 8. The molecule has 0 saturated heterocycles. The summed E-state index contributed by atoms with van der Waals surface area (Å²) in [4.78, 5) is 11.3. The van der Waals surface area contributed by atoms with Gasteiger partial charge in [-0.15, -0.1) is 24.0 Å². The zero-order valence-electron chi connectivity index (χ0n) is 18.3. The van der Waals surface area contributed by atoms with E-state index in [-0.39, 0.29) is 24.0 Å². The Kier molecular flexibility index (Phi) is 11.1. The molecule has 1 aliphatic carbocycles. The first-order valence-electron chi connectivity index (χ1n) is 10.9. The quantitative estimate of drug-likeness (QED) is 0.308. The van der Waals surface area contributed by atoms with Crippen LogP contribution in [0.4, 0.5) is 0 Å². The predicted octanol–water partition coefficient (Wildman–Crippen LogP) is 4.37. The van der Waals surface area contributed by atoms with Crippen molar-refractivity contribution in [3.05, 3.63) is 65.5 Å². The largest absolute Gasteiger partial charge is 0.356 e. The van der Waals surface area contributed by atoms with E-state index in [2.05, 4.69) is 62.9 Å². The molecular weight excluding hydrogens is 485 g/mol. The molecule has 0 amide bonds. The van der Waals surface area contributed by atoms with E-state index in [1.165, 1.54) is 43.2 Å². The van der Waals surface area contributed by atoms with Gasteiger partial charge in [-0.1, -0.05) is 49.6 Å². The Labute approximate surface area is 198 Å². The molecule has 1 aromatic carbocycles. The Morgan fingerprint density at radius 1 is 1.03 bits per heavy atom. The minimum atomic E-state index is 0. The van der Waals surface area contributed by atoms with Crippen LogP contribution in [-0.2, 0) is 19.5 Å². The molecule has 2 N–H and O–H groups in total. The first-order valence-corrected chi connectivity index (χ1v) is 10.9. The van der Waals surface area contributed by atoms with Crippen molar-refractivity contribution in [3.8, 4) is 0 Å². The minimum Gasteiger partial charge on any atom is -0.356 e. The normalized spacial score (nSPS) is 15.0. The molecule has 0 aliphatic heterocycles. The zero-order valence-corrected chi connectivity index (χ0v) is 20.6. The van der Waals surface area contributed by atoms with E-state index in [9.17, 15) is 0 Å². The molecule has 0 unspecified atom stereocenters. The second kappa shape index (κ2) is 13.6. The summed E-state index contributed by atoms with van der Waals surface area (Å²) in [6, 6.07) is 15.5. The Balaban J connectivity index is 0.00000320. The van der Waals surface area contributed by atoms with Crippen molar-refractivity contribution in [2.75, 3.05) is 20.6 Å². The SMILES string of the molecule is CN=C(NCCc1ccccn1)NCc1ccccc1CN(C)C1CCCCC1.I. The standard InChI is InChI=1S/C24H35N5.HI/c1-25-24(27-17-15-22-12-8-9-16-26-22)28-18-20-10-6-7-11-21(20)19-29(2)23-13-4-3-5-14-23;/h6-12,16,23H,3-5,13-15,17-19H2,1-2H3,(H2,25,27,28);1H. The number of nitrogens with one attached hydrogen (secondary N) is 2. The summed E-state index contributed by atoms with van der Waals surface area (Å²) < 4.78 is 0. The summed E-state index contributed by atoms with van der Waals surface area (Å²) in [5, 5.41) is 6.85. The third-order valence-electron chi connectivity index (χ3n) is 5.81. The van der Waals surface area contributed by atoms with Gasteiger partial charge in [-0.25, -0.2) is 0 Å². The predicted molar refractivity (Wildman–Crippen MR) is 136 cm³/mol. The van der Waals surface area contributed by atoms with E-state index in [1.807, 2.05) is 25.4 Å². The summed E-state index contributed by atoms with van der Waals surface area (Å²) in [6.07, 6.45) is 9.54. The fourth-order valence-electron chi connectivity index (χ4n) is 4.06. The number of nitrogens with zero attached hydrogens (tertiary/aromatic N) is 3. The maximum absolute atomic E-state index is 4.37. The number of guanidine groups is 1. The second-order valence-corrected chi connectivity index (χ2v) is 7.90. The van der Waals surface area contributed by atoms with Crippen LogP contribution in [0.2, 0.25) is 0 Å². The highest BCUT2D eigenvalue weighted by atomic mass is 127. The maximum Gasteiger partial charge on any atom is 0.191 e. The molecule has 1 aromatic heterocycles. The first-order chi connectivity index (χ1) is 14.3.